The zero-order valence-electron chi connectivity index (χ0n) is 27.3. The first-order valence-electron chi connectivity index (χ1n) is 15.7. The first-order valence-corrected chi connectivity index (χ1v) is 16.9. The molecule has 3 N–H and O–H groups in total. The number of amides is 2. The van der Waals surface area contributed by atoms with Gasteiger partial charge in [0.2, 0.25) is 11.8 Å². The highest BCUT2D eigenvalue weighted by atomic mass is 79.9. The second-order valence-corrected chi connectivity index (χ2v) is 13.7. The molecular formula is C35H44BrClN2O8. The summed E-state index contributed by atoms with van der Waals surface area (Å²) in [5, 5.41) is 16.9. The number of carbonyl (C=O) groups is 4. The monoisotopic (exact) mass is 734 g/mol. The van der Waals surface area contributed by atoms with Gasteiger partial charge < -0.3 is 30.0 Å². The van der Waals surface area contributed by atoms with Crippen LogP contribution in [-0.2, 0) is 35.1 Å². The smallest absolute Gasteiger partial charge is 0.347 e. The van der Waals surface area contributed by atoms with Crippen LogP contribution in [0.1, 0.15) is 57.8 Å². The summed E-state index contributed by atoms with van der Waals surface area (Å²) in [5.74, 6) is -3.23. The Hall–Kier alpha value is -3.41. The first-order chi connectivity index (χ1) is 22.3. The SMILES string of the molecule is COc1ccc(C[C@H]2NC(=O)/C=C/C[C@@H]([C@H](C)[C@@H](Br)[C@H](O)c3ccccc3)OC(=O)[C@H](CC(C)C)OC(=O)[C@H](C)CNC2=O)cc1Cl. The minimum Gasteiger partial charge on any atom is -0.495 e. The fourth-order valence-corrected chi connectivity index (χ4v) is 6.00. The maximum absolute atomic E-state index is 13.5. The molecule has 3 rings (SSSR count). The maximum atomic E-state index is 13.5. The predicted octanol–water partition coefficient (Wildman–Crippen LogP) is 5.09. The van der Waals surface area contributed by atoms with E-state index in [2.05, 4.69) is 26.6 Å². The number of carbonyl (C=O) groups excluding carboxylic acids is 4. The summed E-state index contributed by atoms with van der Waals surface area (Å²) in [6, 6.07) is 13.2. The van der Waals surface area contributed by atoms with Gasteiger partial charge in [-0.3, -0.25) is 14.4 Å². The number of alkyl halides is 1. The summed E-state index contributed by atoms with van der Waals surface area (Å²) in [7, 11) is 1.50. The van der Waals surface area contributed by atoms with Crippen molar-refractivity contribution < 1.29 is 38.5 Å². The average Bonchev–Trinajstić information content (AvgIpc) is 3.04. The van der Waals surface area contributed by atoms with Crippen LogP contribution >= 0.6 is 27.5 Å². The molecule has 0 radical (unpaired) electrons. The van der Waals surface area contributed by atoms with Crippen molar-refractivity contribution in [1.29, 1.82) is 0 Å². The third-order valence-electron chi connectivity index (χ3n) is 7.92. The molecule has 1 aliphatic rings. The molecule has 0 saturated carbocycles. The highest BCUT2D eigenvalue weighted by molar-refractivity contribution is 9.09. The number of halogens is 2. The number of esters is 2. The van der Waals surface area contributed by atoms with Gasteiger partial charge in [0.25, 0.3) is 0 Å². The second-order valence-electron chi connectivity index (χ2n) is 12.2. The summed E-state index contributed by atoms with van der Waals surface area (Å²) in [4.78, 5) is 52.5. The van der Waals surface area contributed by atoms with Gasteiger partial charge >= 0.3 is 11.9 Å². The van der Waals surface area contributed by atoms with E-state index in [1.54, 1.807) is 43.3 Å². The highest BCUT2D eigenvalue weighted by Gasteiger charge is 2.35. The molecule has 12 heteroatoms. The quantitative estimate of drug-likeness (QED) is 0.239. The summed E-state index contributed by atoms with van der Waals surface area (Å²) < 4.78 is 16.8. The molecule has 0 aromatic heterocycles. The van der Waals surface area contributed by atoms with Crippen molar-refractivity contribution in [1.82, 2.24) is 10.6 Å². The van der Waals surface area contributed by atoms with E-state index in [4.69, 9.17) is 25.8 Å². The molecule has 10 nitrogen and oxygen atoms in total. The van der Waals surface area contributed by atoms with E-state index in [0.29, 0.717) is 21.9 Å². The van der Waals surface area contributed by atoms with Gasteiger partial charge in [0.15, 0.2) is 6.10 Å². The average molecular weight is 736 g/mol. The van der Waals surface area contributed by atoms with Crippen LogP contribution in [0.5, 0.6) is 5.75 Å². The largest absolute Gasteiger partial charge is 0.495 e. The van der Waals surface area contributed by atoms with E-state index < -0.39 is 64.8 Å². The zero-order chi connectivity index (χ0) is 34.7. The van der Waals surface area contributed by atoms with Crippen LogP contribution in [0.2, 0.25) is 5.02 Å². The number of hydrogen-bond acceptors (Lipinski definition) is 8. The Morgan fingerprint density at radius 2 is 1.74 bits per heavy atom. The highest BCUT2D eigenvalue weighted by Crippen LogP contribution is 2.33. The Bertz CT molecular complexity index is 1410. The van der Waals surface area contributed by atoms with E-state index in [0.717, 1.165) is 0 Å². The molecule has 47 heavy (non-hydrogen) atoms. The van der Waals surface area contributed by atoms with Crippen LogP contribution in [0.3, 0.4) is 0 Å². The van der Waals surface area contributed by atoms with Gasteiger partial charge in [0.1, 0.15) is 17.9 Å². The standard InChI is InChI=1S/C35H44BrClN2O8/c1-20(2)16-29-35(44)46-27(22(4)31(36)32(41)24-10-7-6-8-11-24)12-9-13-30(40)39-26(33(42)38-19-21(3)34(43)47-29)18-23-14-15-28(45-5)25(37)17-23/h6-11,13-15,17,20-22,26-27,29,31-32,41H,12,16,18-19H2,1-5H3,(H,38,42)(H,39,40)/b13-9+/t21-,22+,26-,27+,29+,31-,32-/m1/s1. The van der Waals surface area contributed by atoms with Gasteiger partial charge in [-0.05, 0) is 41.7 Å². The van der Waals surface area contributed by atoms with E-state index in [9.17, 15) is 24.3 Å². The number of aliphatic hydroxyl groups is 1. The lowest BCUT2D eigenvalue weighted by atomic mass is 9.91. The van der Waals surface area contributed by atoms with Crippen molar-refractivity contribution in [3.63, 3.8) is 0 Å². The van der Waals surface area contributed by atoms with Crippen molar-refractivity contribution in [2.75, 3.05) is 13.7 Å². The van der Waals surface area contributed by atoms with Gasteiger partial charge in [-0.25, -0.2) is 4.79 Å². The van der Waals surface area contributed by atoms with Crippen LogP contribution in [0, 0.1) is 17.8 Å². The summed E-state index contributed by atoms with van der Waals surface area (Å²) in [5.41, 5.74) is 1.36. The minimum absolute atomic E-state index is 0.00328. The third-order valence-corrected chi connectivity index (χ3v) is 9.55. The first kappa shape index (κ1) is 38.0. The predicted molar refractivity (Wildman–Crippen MR) is 182 cm³/mol. The molecule has 0 aliphatic carbocycles. The Kier molecular flexibility index (Phi) is 14.7. The molecule has 0 bridgehead atoms. The van der Waals surface area contributed by atoms with Crippen LogP contribution < -0.4 is 15.4 Å². The van der Waals surface area contributed by atoms with Crippen LogP contribution in [-0.4, -0.2) is 65.6 Å². The van der Waals surface area contributed by atoms with Gasteiger partial charge in [-0.1, -0.05) is 97.7 Å². The summed E-state index contributed by atoms with van der Waals surface area (Å²) in [6.07, 6.45) is 0.358. The molecule has 0 unspecified atom stereocenters. The fraction of sp³-hybridized carbons (Fsp3) is 0.486. The molecule has 2 aromatic rings. The van der Waals surface area contributed by atoms with E-state index in [1.807, 2.05) is 39.0 Å². The molecule has 7 atom stereocenters. The normalized spacial score (nSPS) is 24.3. The number of ether oxygens (including phenoxy) is 3. The van der Waals surface area contributed by atoms with E-state index in [1.165, 1.54) is 13.2 Å². The number of rotatable bonds is 9. The van der Waals surface area contributed by atoms with Crippen molar-refractivity contribution in [2.24, 2.45) is 17.8 Å². The lowest BCUT2D eigenvalue weighted by Gasteiger charge is -2.31. The fourth-order valence-electron chi connectivity index (χ4n) is 5.07. The number of nitrogens with one attached hydrogen (secondary N) is 2. The molecule has 0 saturated heterocycles. The minimum atomic E-state index is -1.18. The number of cyclic esters (lactones) is 2. The van der Waals surface area contributed by atoms with Gasteiger partial charge in [-0.15, -0.1) is 0 Å². The van der Waals surface area contributed by atoms with Crippen LogP contribution in [0.25, 0.3) is 0 Å². The van der Waals surface area contributed by atoms with Crippen molar-refractivity contribution in [3.05, 3.63) is 76.8 Å². The second kappa shape index (κ2) is 18.2. The molecule has 1 heterocycles. The molecule has 2 amide bonds. The Labute approximate surface area is 289 Å². The Morgan fingerprint density at radius 1 is 1.04 bits per heavy atom. The lowest BCUT2D eigenvalue weighted by Crippen LogP contribution is -2.49. The number of methoxy groups -OCH3 is 1. The molecular weight excluding hydrogens is 692 g/mol. The molecule has 0 fully saturated rings. The van der Waals surface area contributed by atoms with Gasteiger partial charge in [-0.2, -0.15) is 0 Å². The molecule has 0 spiro atoms. The third kappa shape index (κ3) is 11.4. The summed E-state index contributed by atoms with van der Waals surface area (Å²) in [6.45, 7) is 7.10. The van der Waals surface area contributed by atoms with Crippen LogP contribution in [0.15, 0.2) is 60.7 Å². The summed E-state index contributed by atoms with van der Waals surface area (Å²) >= 11 is 9.90. The van der Waals surface area contributed by atoms with Gasteiger partial charge in [0, 0.05) is 25.3 Å². The molecule has 2 aromatic carbocycles. The van der Waals surface area contributed by atoms with Gasteiger partial charge in [0.05, 0.1) is 29.0 Å². The lowest BCUT2D eigenvalue weighted by molar-refractivity contribution is -0.176. The molecule has 1 aliphatic heterocycles. The van der Waals surface area contributed by atoms with E-state index >= 15 is 0 Å². The van der Waals surface area contributed by atoms with Crippen molar-refractivity contribution in [2.45, 2.75) is 76.1 Å². The number of benzene rings is 2. The van der Waals surface area contributed by atoms with Crippen molar-refractivity contribution >= 4 is 51.3 Å². The maximum Gasteiger partial charge on any atom is 0.347 e. The van der Waals surface area contributed by atoms with Crippen molar-refractivity contribution in [3.8, 4) is 5.75 Å². The Balaban J connectivity index is 1.92. The van der Waals surface area contributed by atoms with Crippen LogP contribution in [0.4, 0.5) is 0 Å². The Morgan fingerprint density at radius 3 is 2.38 bits per heavy atom. The zero-order valence-corrected chi connectivity index (χ0v) is 29.6. The number of hydrogen-bond donors (Lipinski definition) is 3. The van der Waals surface area contributed by atoms with E-state index in [-0.39, 0.29) is 31.7 Å². The molecule has 256 valence electrons. The number of aliphatic hydroxyl groups excluding tert-OH is 1. The topological polar surface area (TPSA) is 140 Å².